The summed E-state index contributed by atoms with van der Waals surface area (Å²) in [6.07, 6.45) is 0.707. The molecule has 2 rings (SSSR count). The number of aromatic nitrogens is 1. The number of nitrogens with zero attached hydrogens (tertiary/aromatic N) is 1. The van der Waals surface area contributed by atoms with E-state index in [1.54, 1.807) is 12.3 Å². The van der Waals surface area contributed by atoms with Crippen molar-refractivity contribution < 1.29 is 14.6 Å². The van der Waals surface area contributed by atoms with E-state index < -0.39 is 12.1 Å². The zero-order valence-electron chi connectivity index (χ0n) is 9.46. The second-order valence-corrected chi connectivity index (χ2v) is 3.71. The molecule has 0 radical (unpaired) electrons. The monoisotopic (exact) mass is 231 g/mol. The Morgan fingerprint density at radius 3 is 2.94 bits per heavy atom. The molecule has 0 saturated heterocycles. The number of benzene rings is 1. The fourth-order valence-electron chi connectivity index (χ4n) is 1.76. The fourth-order valence-corrected chi connectivity index (χ4v) is 1.76. The standard InChI is InChI=1S/C13H13NO3/c1-17-13(16)8-12(15)10-6-7-14-11-5-3-2-4-9(10)11/h2-7,12,15H,8H2,1H3. The summed E-state index contributed by atoms with van der Waals surface area (Å²) in [5.74, 6) is -0.432. The van der Waals surface area contributed by atoms with Gasteiger partial charge in [0.1, 0.15) is 0 Å². The molecule has 1 aromatic carbocycles. The third-order valence-corrected chi connectivity index (χ3v) is 2.63. The van der Waals surface area contributed by atoms with Crippen LogP contribution in [0.4, 0.5) is 0 Å². The maximum atomic E-state index is 11.1. The van der Waals surface area contributed by atoms with Crippen LogP contribution < -0.4 is 0 Å². The molecular formula is C13H13NO3. The Balaban J connectivity index is 2.38. The summed E-state index contributed by atoms with van der Waals surface area (Å²) in [6.45, 7) is 0. The van der Waals surface area contributed by atoms with E-state index in [1.807, 2.05) is 24.3 Å². The Bertz CT molecular complexity index is 534. The molecule has 0 spiro atoms. The van der Waals surface area contributed by atoms with E-state index in [4.69, 9.17) is 0 Å². The van der Waals surface area contributed by atoms with Gasteiger partial charge in [-0.05, 0) is 17.7 Å². The first-order chi connectivity index (χ1) is 8.22. The van der Waals surface area contributed by atoms with Crippen molar-refractivity contribution in [3.8, 4) is 0 Å². The van der Waals surface area contributed by atoms with Gasteiger partial charge in [-0.3, -0.25) is 9.78 Å². The summed E-state index contributed by atoms with van der Waals surface area (Å²) in [5.41, 5.74) is 1.50. The molecule has 2 aromatic rings. The van der Waals surface area contributed by atoms with E-state index in [-0.39, 0.29) is 6.42 Å². The number of carbonyl (C=O) groups is 1. The minimum atomic E-state index is -0.865. The van der Waals surface area contributed by atoms with E-state index in [0.717, 1.165) is 10.9 Å². The maximum Gasteiger partial charge on any atom is 0.308 e. The number of rotatable bonds is 3. The van der Waals surface area contributed by atoms with Crippen LogP contribution >= 0.6 is 0 Å². The van der Waals surface area contributed by atoms with Gasteiger partial charge in [0.15, 0.2) is 0 Å². The maximum absolute atomic E-state index is 11.1. The van der Waals surface area contributed by atoms with Crippen molar-refractivity contribution in [1.82, 2.24) is 4.98 Å². The quantitative estimate of drug-likeness (QED) is 0.819. The van der Waals surface area contributed by atoms with E-state index in [2.05, 4.69) is 9.72 Å². The van der Waals surface area contributed by atoms with Crippen LogP contribution in [0.25, 0.3) is 10.9 Å². The molecule has 1 N–H and O–H groups in total. The second kappa shape index (κ2) is 4.93. The predicted octanol–water partition coefficient (Wildman–Crippen LogP) is 1.83. The van der Waals surface area contributed by atoms with Crippen LogP contribution in [0.3, 0.4) is 0 Å². The smallest absolute Gasteiger partial charge is 0.308 e. The summed E-state index contributed by atoms with van der Waals surface area (Å²) in [4.78, 5) is 15.3. The van der Waals surface area contributed by atoms with Crippen molar-refractivity contribution in [2.75, 3.05) is 7.11 Å². The van der Waals surface area contributed by atoms with E-state index in [0.29, 0.717) is 5.56 Å². The average molecular weight is 231 g/mol. The number of methoxy groups -OCH3 is 1. The molecule has 0 aliphatic rings. The molecule has 88 valence electrons. The summed E-state index contributed by atoms with van der Waals surface area (Å²) in [6, 6.07) is 9.21. The van der Waals surface area contributed by atoms with Crippen molar-refractivity contribution in [1.29, 1.82) is 0 Å². The van der Waals surface area contributed by atoms with Crippen LogP contribution in [0.5, 0.6) is 0 Å². The zero-order valence-corrected chi connectivity index (χ0v) is 9.46. The Morgan fingerprint density at radius 1 is 1.41 bits per heavy atom. The lowest BCUT2D eigenvalue weighted by atomic mass is 10.0. The number of ether oxygens (including phenoxy) is 1. The van der Waals surface area contributed by atoms with Crippen LogP contribution in [0.2, 0.25) is 0 Å². The van der Waals surface area contributed by atoms with Gasteiger partial charge in [0.25, 0.3) is 0 Å². The van der Waals surface area contributed by atoms with Gasteiger partial charge in [-0.25, -0.2) is 0 Å². The average Bonchev–Trinajstić information content (AvgIpc) is 2.37. The molecule has 1 unspecified atom stereocenters. The van der Waals surface area contributed by atoms with Crippen LogP contribution in [0, 0.1) is 0 Å². The molecule has 0 fully saturated rings. The van der Waals surface area contributed by atoms with Crippen molar-refractivity contribution in [2.24, 2.45) is 0 Å². The van der Waals surface area contributed by atoms with Gasteiger partial charge in [0, 0.05) is 11.6 Å². The molecule has 4 nitrogen and oxygen atoms in total. The Kier molecular flexibility index (Phi) is 3.35. The van der Waals surface area contributed by atoms with Gasteiger partial charge in [-0.1, -0.05) is 18.2 Å². The van der Waals surface area contributed by atoms with E-state index >= 15 is 0 Å². The zero-order chi connectivity index (χ0) is 12.3. The third kappa shape index (κ3) is 2.42. The Labute approximate surface area is 98.9 Å². The van der Waals surface area contributed by atoms with Crippen LogP contribution in [0.15, 0.2) is 36.5 Å². The third-order valence-electron chi connectivity index (χ3n) is 2.63. The SMILES string of the molecule is COC(=O)CC(O)c1ccnc2ccccc12. The number of aliphatic hydroxyl groups is 1. The summed E-state index contributed by atoms with van der Waals surface area (Å²) in [5, 5.41) is 10.8. The van der Waals surface area contributed by atoms with Gasteiger partial charge in [0.05, 0.1) is 25.2 Å². The van der Waals surface area contributed by atoms with E-state index in [9.17, 15) is 9.90 Å². The number of para-hydroxylation sites is 1. The second-order valence-electron chi connectivity index (χ2n) is 3.71. The highest BCUT2D eigenvalue weighted by Crippen LogP contribution is 2.24. The molecule has 0 aliphatic heterocycles. The van der Waals surface area contributed by atoms with Crippen LogP contribution in [-0.2, 0) is 9.53 Å². The van der Waals surface area contributed by atoms with Gasteiger partial charge in [-0.2, -0.15) is 0 Å². The first-order valence-electron chi connectivity index (χ1n) is 5.31. The fraction of sp³-hybridized carbons (Fsp3) is 0.231. The number of carbonyl (C=O) groups excluding carboxylic acids is 1. The molecule has 0 bridgehead atoms. The molecule has 1 heterocycles. The highest BCUT2D eigenvalue weighted by molar-refractivity contribution is 5.83. The molecule has 1 aromatic heterocycles. The molecule has 0 amide bonds. The molecule has 0 aliphatic carbocycles. The van der Waals surface area contributed by atoms with Crippen LogP contribution in [0.1, 0.15) is 18.1 Å². The molecule has 1 atom stereocenters. The van der Waals surface area contributed by atoms with Crippen molar-refractivity contribution >= 4 is 16.9 Å². The Morgan fingerprint density at radius 2 is 2.18 bits per heavy atom. The minimum absolute atomic E-state index is 0.0511. The lowest BCUT2D eigenvalue weighted by Crippen LogP contribution is -2.08. The predicted molar refractivity (Wildman–Crippen MR) is 63.3 cm³/mol. The molecule has 4 heteroatoms. The van der Waals surface area contributed by atoms with Crippen molar-refractivity contribution in [3.63, 3.8) is 0 Å². The lowest BCUT2D eigenvalue weighted by molar-refractivity contribution is -0.142. The number of hydrogen-bond acceptors (Lipinski definition) is 4. The number of pyridine rings is 1. The van der Waals surface area contributed by atoms with Gasteiger partial charge in [-0.15, -0.1) is 0 Å². The highest BCUT2D eigenvalue weighted by Gasteiger charge is 2.15. The largest absolute Gasteiger partial charge is 0.469 e. The number of esters is 1. The molecule has 17 heavy (non-hydrogen) atoms. The summed E-state index contributed by atoms with van der Waals surface area (Å²) < 4.78 is 4.54. The van der Waals surface area contributed by atoms with Gasteiger partial charge < -0.3 is 9.84 Å². The Hall–Kier alpha value is -1.94. The minimum Gasteiger partial charge on any atom is -0.469 e. The topological polar surface area (TPSA) is 59.4 Å². The lowest BCUT2D eigenvalue weighted by Gasteiger charge is -2.11. The van der Waals surface area contributed by atoms with Gasteiger partial charge in [0.2, 0.25) is 0 Å². The van der Waals surface area contributed by atoms with Gasteiger partial charge >= 0.3 is 5.97 Å². The summed E-state index contributed by atoms with van der Waals surface area (Å²) in [7, 11) is 1.31. The molecular weight excluding hydrogens is 218 g/mol. The van der Waals surface area contributed by atoms with Crippen molar-refractivity contribution in [2.45, 2.75) is 12.5 Å². The first-order valence-corrected chi connectivity index (χ1v) is 5.31. The van der Waals surface area contributed by atoms with Crippen molar-refractivity contribution in [3.05, 3.63) is 42.1 Å². The molecule has 0 saturated carbocycles. The number of aliphatic hydroxyl groups excluding tert-OH is 1. The summed E-state index contributed by atoms with van der Waals surface area (Å²) >= 11 is 0. The number of hydrogen-bond donors (Lipinski definition) is 1. The number of fused-ring (bicyclic) bond motifs is 1. The van der Waals surface area contributed by atoms with Crippen LogP contribution in [-0.4, -0.2) is 23.2 Å². The van der Waals surface area contributed by atoms with E-state index in [1.165, 1.54) is 7.11 Å². The first kappa shape index (κ1) is 11.5. The normalized spacial score (nSPS) is 12.4. The highest BCUT2D eigenvalue weighted by atomic mass is 16.5.